The highest BCUT2D eigenvalue weighted by atomic mass is 16.6. The van der Waals surface area contributed by atoms with Gasteiger partial charge in [0.25, 0.3) is 5.69 Å². The average molecular weight is 276 g/mol. The predicted molar refractivity (Wildman–Crippen MR) is 79.3 cm³/mol. The second kappa shape index (κ2) is 6.93. The summed E-state index contributed by atoms with van der Waals surface area (Å²) in [7, 11) is 0. The molecule has 1 aliphatic carbocycles. The van der Waals surface area contributed by atoms with E-state index in [-0.39, 0.29) is 5.69 Å². The maximum Gasteiger partial charge on any atom is 0.275 e. The molecule has 108 valence electrons. The molecule has 0 bridgehead atoms. The van der Waals surface area contributed by atoms with Crippen LogP contribution in [0.5, 0.6) is 5.75 Å². The van der Waals surface area contributed by atoms with E-state index in [0.717, 1.165) is 18.7 Å². The van der Waals surface area contributed by atoms with Crippen LogP contribution in [-0.4, -0.2) is 18.1 Å². The van der Waals surface area contributed by atoms with Gasteiger partial charge in [0.05, 0.1) is 17.6 Å². The Bertz CT molecular complexity index is 512. The molecule has 5 nitrogen and oxygen atoms in total. The normalized spacial score (nSPS) is 13.9. The molecule has 0 spiro atoms. The Morgan fingerprint density at radius 3 is 2.90 bits per heavy atom. The van der Waals surface area contributed by atoms with E-state index < -0.39 is 4.92 Å². The van der Waals surface area contributed by atoms with Crippen molar-refractivity contribution in [2.45, 2.75) is 32.6 Å². The second-order valence-electron chi connectivity index (χ2n) is 4.84. The van der Waals surface area contributed by atoms with E-state index in [2.05, 4.69) is 11.4 Å². The summed E-state index contributed by atoms with van der Waals surface area (Å²) in [6, 6.07) is 4.80. The zero-order chi connectivity index (χ0) is 14.4. The summed E-state index contributed by atoms with van der Waals surface area (Å²) in [6.45, 7) is 3.14. The summed E-state index contributed by atoms with van der Waals surface area (Å²) in [5.74, 6) is 0.532. The minimum atomic E-state index is -0.396. The number of anilines is 1. The van der Waals surface area contributed by atoms with Crippen LogP contribution in [0.15, 0.2) is 29.8 Å². The van der Waals surface area contributed by atoms with Gasteiger partial charge in [0, 0.05) is 24.4 Å². The molecule has 0 amide bonds. The molecule has 0 radical (unpaired) electrons. The van der Waals surface area contributed by atoms with Crippen LogP contribution < -0.4 is 10.1 Å². The molecule has 0 saturated heterocycles. The van der Waals surface area contributed by atoms with E-state index in [1.165, 1.54) is 30.9 Å². The lowest BCUT2D eigenvalue weighted by Crippen LogP contribution is -2.03. The molecular formula is C15H20N2O3. The quantitative estimate of drug-likeness (QED) is 0.466. The number of ether oxygens (including phenoxy) is 1. The Morgan fingerprint density at radius 2 is 2.25 bits per heavy atom. The molecule has 5 heteroatoms. The smallest absolute Gasteiger partial charge is 0.275 e. The summed E-state index contributed by atoms with van der Waals surface area (Å²) in [5, 5.41) is 14.1. The summed E-state index contributed by atoms with van der Waals surface area (Å²) in [6.07, 6.45) is 6.90. The molecule has 0 saturated carbocycles. The Balaban J connectivity index is 1.99. The number of benzene rings is 1. The first-order chi connectivity index (χ1) is 9.69. The Labute approximate surface area is 118 Å². The zero-order valence-electron chi connectivity index (χ0n) is 11.7. The number of nitrogens with one attached hydrogen (secondary N) is 1. The van der Waals surface area contributed by atoms with Crippen molar-refractivity contribution in [1.29, 1.82) is 0 Å². The Kier molecular flexibility index (Phi) is 4.98. The fourth-order valence-electron chi connectivity index (χ4n) is 2.37. The van der Waals surface area contributed by atoms with Gasteiger partial charge in [-0.25, -0.2) is 0 Å². The summed E-state index contributed by atoms with van der Waals surface area (Å²) in [4.78, 5) is 10.5. The van der Waals surface area contributed by atoms with E-state index in [1.807, 2.05) is 6.92 Å². The van der Waals surface area contributed by atoms with Crippen LogP contribution in [-0.2, 0) is 0 Å². The van der Waals surface area contributed by atoms with Crippen molar-refractivity contribution in [3.63, 3.8) is 0 Å². The summed E-state index contributed by atoms with van der Waals surface area (Å²) < 4.78 is 5.36. The number of allylic oxidation sites excluding steroid dienone is 1. The van der Waals surface area contributed by atoms with Gasteiger partial charge in [-0.1, -0.05) is 11.6 Å². The molecule has 1 aromatic carbocycles. The van der Waals surface area contributed by atoms with Gasteiger partial charge in [-0.05, 0) is 32.6 Å². The van der Waals surface area contributed by atoms with Crippen molar-refractivity contribution in [1.82, 2.24) is 0 Å². The van der Waals surface area contributed by atoms with Crippen molar-refractivity contribution < 1.29 is 9.66 Å². The Morgan fingerprint density at radius 1 is 1.40 bits per heavy atom. The number of hydrogen-bond acceptors (Lipinski definition) is 4. The topological polar surface area (TPSA) is 64.4 Å². The van der Waals surface area contributed by atoms with Gasteiger partial charge in [0.1, 0.15) is 5.75 Å². The molecule has 0 heterocycles. The van der Waals surface area contributed by atoms with Gasteiger partial charge in [0.15, 0.2) is 0 Å². The zero-order valence-corrected chi connectivity index (χ0v) is 11.7. The number of non-ortho nitro benzene ring substituents is 1. The fourth-order valence-corrected chi connectivity index (χ4v) is 2.37. The third-order valence-corrected chi connectivity index (χ3v) is 3.32. The molecule has 0 aliphatic heterocycles. The third-order valence-electron chi connectivity index (χ3n) is 3.32. The number of nitrogens with zero attached hydrogens (tertiary/aromatic N) is 1. The highest BCUT2D eigenvalue weighted by Crippen LogP contribution is 2.26. The van der Waals surface area contributed by atoms with Gasteiger partial charge in [0.2, 0.25) is 0 Å². The minimum absolute atomic E-state index is 0.0542. The van der Waals surface area contributed by atoms with E-state index in [1.54, 1.807) is 12.1 Å². The molecular weight excluding hydrogens is 256 g/mol. The molecule has 1 N–H and O–H groups in total. The largest absolute Gasteiger partial charge is 0.494 e. The standard InChI is InChI=1S/C15H20N2O3/c1-2-20-15-10-13(9-14(11-15)17(18)19)16-8-7-12-5-3-4-6-12/h5,9-11,16H,2-4,6-8H2,1H3. The third kappa shape index (κ3) is 3.98. The van der Waals surface area contributed by atoms with Crippen LogP contribution in [0, 0.1) is 10.1 Å². The first-order valence-electron chi connectivity index (χ1n) is 7.03. The summed E-state index contributed by atoms with van der Waals surface area (Å²) in [5.41, 5.74) is 2.27. The maximum absolute atomic E-state index is 10.9. The highest BCUT2D eigenvalue weighted by Gasteiger charge is 2.11. The second-order valence-corrected chi connectivity index (χ2v) is 4.84. The predicted octanol–water partition coefficient (Wildman–Crippen LogP) is 3.91. The average Bonchev–Trinajstić information content (AvgIpc) is 2.92. The van der Waals surface area contributed by atoms with Crippen molar-refractivity contribution in [2.24, 2.45) is 0 Å². The van der Waals surface area contributed by atoms with Crippen LogP contribution in [0.2, 0.25) is 0 Å². The lowest BCUT2D eigenvalue weighted by Gasteiger charge is -2.09. The van der Waals surface area contributed by atoms with Gasteiger partial charge < -0.3 is 10.1 Å². The molecule has 0 aromatic heterocycles. The molecule has 1 aliphatic rings. The van der Waals surface area contributed by atoms with Crippen molar-refractivity contribution in [3.8, 4) is 5.75 Å². The highest BCUT2D eigenvalue weighted by molar-refractivity contribution is 5.56. The number of nitro benzene ring substituents is 1. The van der Waals surface area contributed by atoms with Crippen molar-refractivity contribution in [2.75, 3.05) is 18.5 Å². The van der Waals surface area contributed by atoms with Crippen molar-refractivity contribution in [3.05, 3.63) is 40.0 Å². The lowest BCUT2D eigenvalue weighted by atomic mass is 10.1. The molecule has 0 atom stereocenters. The van der Waals surface area contributed by atoms with Crippen LogP contribution in [0.4, 0.5) is 11.4 Å². The van der Waals surface area contributed by atoms with Gasteiger partial charge in [-0.3, -0.25) is 10.1 Å². The van der Waals surface area contributed by atoms with Gasteiger partial charge >= 0.3 is 0 Å². The van der Waals surface area contributed by atoms with Gasteiger partial charge in [-0.2, -0.15) is 0 Å². The molecule has 1 aromatic rings. The van der Waals surface area contributed by atoms with E-state index in [9.17, 15) is 10.1 Å². The number of hydrogen-bond donors (Lipinski definition) is 1. The van der Waals surface area contributed by atoms with Crippen molar-refractivity contribution >= 4 is 11.4 Å². The number of rotatable bonds is 7. The van der Waals surface area contributed by atoms with Crippen LogP contribution in [0.1, 0.15) is 32.6 Å². The molecule has 0 unspecified atom stereocenters. The SMILES string of the molecule is CCOc1cc(NCCC2=CCCC2)cc([N+](=O)[O-])c1. The lowest BCUT2D eigenvalue weighted by molar-refractivity contribution is -0.384. The van der Waals surface area contributed by atoms with E-state index in [4.69, 9.17) is 4.74 Å². The van der Waals surface area contributed by atoms with Crippen LogP contribution in [0.3, 0.4) is 0 Å². The first kappa shape index (κ1) is 14.4. The van der Waals surface area contributed by atoms with E-state index >= 15 is 0 Å². The van der Waals surface area contributed by atoms with Crippen LogP contribution in [0.25, 0.3) is 0 Å². The Hall–Kier alpha value is -2.04. The maximum atomic E-state index is 10.9. The molecule has 20 heavy (non-hydrogen) atoms. The monoisotopic (exact) mass is 276 g/mol. The number of nitro groups is 1. The molecule has 0 fully saturated rings. The van der Waals surface area contributed by atoms with Gasteiger partial charge in [-0.15, -0.1) is 0 Å². The molecule has 2 rings (SSSR count). The first-order valence-corrected chi connectivity index (χ1v) is 7.03. The minimum Gasteiger partial charge on any atom is -0.494 e. The summed E-state index contributed by atoms with van der Waals surface area (Å²) >= 11 is 0. The van der Waals surface area contributed by atoms with E-state index in [0.29, 0.717) is 12.4 Å². The van der Waals surface area contributed by atoms with Crippen LogP contribution >= 0.6 is 0 Å². The fraction of sp³-hybridized carbons (Fsp3) is 0.467.